The molecule has 0 fully saturated rings. The van der Waals surface area contributed by atoms with E-state index in [1.54, 1.807) is 12.1 Å². The van der Waals surface area contributed by atoms with E-state index >= 15 is 0 Å². The van der Waals surface area contributed by atoms with Crippen LogP contribution in [-0.2, 0) is 16.1 Å². The van der Waals surface area contributed by atoms with Gasteiger partial charge >= 0.3 is 0 Å². The monoisotopic (exact) mass is 392 g/mol. The molecule has 0 bridgehead atoms. The summed E-state index contributed by atoms with van der Waals surface area (Å²) in [5.41, 5.74) is 2.81. The summed E-state index contributed by atoms with van der Waals surface area (Å²) in [6.07, 6.45) is 0.942. The smallest absolute Gasteiger partial charge is 0.238 e. The minimum Gasteiger partial charge on any atom is -0.356 e. The highest BCUT2D eigenvalue weighted by atomic mass is 35.5. The van der Waals surface area contributed by atoms with Gasteiger partial charge in [0.1, 0.15) is 0 Å². The van der Waals surface area contributed by atoms with E-state index < -0.39 is 5.25 Å². The van der Waals surface area contributed by atoms with Crippen LogP contribution in [0.3, 0.4) is 0 Å². The number of benzene rings is 1. The predicted molar refractivity (Wildman–Crippen MR) is 104 cm³/mol. The third-order valence-electron chi connectivity index (χ3n) is 4.10. The number of aromatic nitrogens is 2. The van der Waals surface area contributed by atoms with Crippen LogP contribution >= 0.6 is 23.4 Å². The first-order valence-corrected chi connectivity index (χ1v) is 9.73. The zero-order valence-electron chi connectivity index (χ0n) is 14.7. The van der Waals surface area contributed by atoms with E-state index in [9.17, 15) is 9.59 Å². The lowest BCUT2D eigenvalue weighted by molar-refractivity contribution is -0.124. The van der Waals surface area contributed by atoms with Crippen molar-refractivity contribution in [1.82, 2.24) is 15.1 Å². The van der Waals surface area contributed by atoms with Crippen LogP contribution in [0.4, 0.5) is 5.69 Å². The molecule has 0 saturated carbocycles. The van der Waals surface area contributed by atoms with Crippen molar-refractivity contribution in [2.75, 3.05) is 11.9 Å². The van der Waals surface area contributed by atoms with Gasteiger partial charge in [-0.15, -0.1) is 11.8 Å². The number of thioether (sulfide) groups is 1. The van der Waals surface area contributed by atoms with Crippen molar-refractivity contribution in [3.63, 3.8) is 0 Å². The number of carbonyl (C=O) groups is 2. The topological polar surface area (TPSA) is 76.0 Å². The van der Waals surface area contributed by atoms with E-state index in [1.807, 2.05) is 30.7 Å². The molecule has 0 aliphatic carbocycles. The molecule has 1 aromatic carbocycles. The Hall–Kier alpha value is -1.99. The molecular formula is C18H21ClN4O2S. The van der Waals surface area contributed by atoms with Crippen molar-refractivity contribution in [2.45, 2.75) is 43.4 Å². The molecule has 138 valence electrons. The standard InChI is InChI=1S/C18H21ClN4O2S/c1-11-8-12(2)23(22-11)7-3-6-20-17(24)10-16-18(25)21-14-9-13(19)4-5-15(14)26-16/h4-5,8-9,16H,3,6-7,10H2,1-2H3,(H,20,24)(H,21,25)/t16-/m0/s1. The number of anilines is 1. The zero-order chi connectivity index (χ0) is 18.7. The van der Waals surface area contributed by atoms with Gasteiger partial charge < -0.3 is 10.6 Å². The van der Waals surface area contributed by atoms with Gasteiger partial charge in [-0.1, -0.05) is 11.6 Å². The highest BCUT2D eigenvalue weighted by Gasteiger charge is 2.28. The summed E-state index contributed by atoms with van der Waals surface area (Å²) in [5, 5.41) is 10.2. The minimum absolute atomic E-state index is 0.122. The maximum Gasteiger partial charge on any atom is 0.238 e. The number of hydrogen-bond donors (Lipinski definition) is 2. The summed E-state index contributed by atoms with van der Waals surface area (Å²) >= 11 is 7.34. The molecule has 1 atom stereocenters. The molecule has 0 unspecified atom stereocenters. The maximum absolute atomic E-state index is 12.2. The van der Waals surface area contributed by atoms with Crippen molar-refractivity contribution in [2.24, 2.45) is 0 Å². The van der Waals surface area contributed by atoms with Gasteiger partial charge in [0.05, 0.1) is 16.6 Å². The molecule has 1 aliphatic rings. The molecule has 0 spiro atoms. The Kier molecular flexibility index (Phi) is 5.88. The predicted octanol–water partition coefficient (Wildman–Crippen LogP) is 3.16. The first-order valence-electron chi connectivity index (χ1n) is 8.47. The lowest BCUT2D eigenvalue weighted by atomic mass is 10.2. The highest BCUT2D eigenvalue weighted by Crippen LogP contribution is 2.38. The number of rotatable bonds is 6. The van der Waals surface area contributed by atoms with Crippen LogP contribution < -0.4 is 10.6 Å². The number of amides is 2. The Bertz CT molecular complexity index is 837. The number of fused-ring (bicyclic) bond motifs is 1. The summed E-state index contributed by atoms with van der Waals surface area (Å²) < 4.78 is 1.94. The van der Waals surface area contributed by atoms with Crippen LogP contribution in [0.5, 0.6) is 0 Å². The van der Waals surface area contributed by atoms with Crippen molar-refractivity contribution >= 4 is 40.9 Å². The Morgan fingerprint density at radius 2 is 2.19 bits per heavy atom. The van der Waals surface area contributed by atoms with E-state index in [1.165, 1.54) is 11.8 Å². The lowest BCUT2D eigenvalue weighted by Crippen LogP contribution is -2.35. The van der Waals surface area contributed by atoms with Gasteiger partial charge in [0.2, 0.25) is 11.8 Å². The van der Waals surface area contributed by atoms with Crippen molar-refractivity contribution < 1.29 is 9.59 Å². The average molecular weight is 393 g/mol. The normalized spacial score (nSPS) is 16.1. The van der Waals surface area contributed by atoms with E-state index in [2.05, 4.69) is 15.7 Å². The van der Waals surface area contributed by atoms with Crippen LogP contribution in [0.25, 0.3) is 0 Å². The molecule has 0 radical (unpaired) electrons. The van der Waals surface area contributed by atoms with Crippen molar-refractivity contribution in [1.29, 1.82) is 0 Å². The Labute approximate surface area is 161 Å². The average Bonchev–Trinajstić information content (AvgIpc) is 2.90. The Morgan fingerprint density at radius 3 is 2.92 bits per heavy atom. The largest absolute Gasteiger partial charge is 0.356 e. The molecule has 3 rings (SSSR count). The molecule has 0 saturated heterocycles. The fraction of sp³-hybridized carbons (Fsp3) is 0.389. The van der Waals surface area contributed by atoms with Crippen LogP contribution in [0, 0.1) is 13.8 Å². The van der Waals surface area contributed by atoms with E-state index in [0.29, 0.717) is 17.3 Å². The Balaban J connectivity index is 1.45. The van der Waals surface area contributed by atoms with E-state index in [-0.39, 0.29) is 18.2 Å². The number of carbonyl (C=O) groups excluding carboxylic acids is 2. The number of nitrogens with zero attached hydrogens (tertiary/aromatic N) is 2. The van der Waals surface area contributed by atoms with Gasteiger partial charge in [-0.05, 0) is 44.5 Å². The molecule has 2 N–H and O–H groups in total. The summed E-state index contributed by atoms with van der Waals surface area (Å²) in [6, 6.07) is 7.39. The maximum atomic E-state index is 12.2. The third-order valence-corrected chi connectivity index (χ3v) is 5.61. The fourth-order valence-electron chi connectivity index (χ4n) is 2.86. The van der Waals surface area contributed by atoms with E-state index in [0.717, 1.165) is 29.2 Å². The van der Waals surface area contributed by atoms with Gasteiger partial charge in [-0.2, -0.15) is 5.10 Å². The molecule has 1 aliphatic heterocycles. The van der Waals surface area contributed by atoms with Crippen molar-refractivity contribution in [3.8, 4) is 0 Å². The summed E-state index contributed by atoms with van der Waals surface area (Å²) in [7, 11) is 0. The molecule has 2 heterocycles. The summed E-state index contributed by atoms with van der Waals surface area (Å²) in [5.74, 6) is -0.286. The number of hydrogen-bond acceptors (Lipinski definition) is 4. The zero-order valence-corrected chi connectivity index (χ0v) is 16.3. The third kappa shape index (κ3) is 4.59. The minimum atomic E-state index is -0.431. The summed E-state index contributed by atoms with van der Waals surface area (Å²) in [6.45, 7) is 5.29. The van der Waals surface area contributed by atoms with Gasteiger partial charge in [0.15, 0.2) is 0 Å². The molecule has 1 aromatic heterocycles. The fourth-order valence-corrected chi connectivity index (χ4v) is 4.12. The second kappa shape index (κ2) is 8.14. The first kappa shape index (κ1) is 18.8. The lowest BCUT2D eigenvalue weighted by Gasteiger charge is -2.23. The quantitative estimate of drug-likeness (QED) is 0.740. The molecule has 6 nitrogen and oxygen atoms in total. The summed E-state index contributed by atoms with van der Waals surface area (Å²) in [4.78, 5) is 25.3. The van der Waals surface area contributed by atoms with Gasteiger partial charge in [0, 0.05) is 35.1 Å². The van der Waals surface area contributed by atoms with Crippen LogP contribution in [0.2, 0.25) is 5.02 Å². The van der Waals surface area contributed by atoms with Gasteiger partial charge in [-0.3, -0.25) is 14.3 Å². The van der Waals surface area contributed by atoms with Gasteiger partial charge in [0.25, 0.3) is 0 Å². The van der Waals surface area contributed by atoms with Gasteiger partial charge in [-0.25, -0.2) is 0 Å². The number of halogens is 1. The molecular weight excluding hydrogens is 372 g/mol. The molecule has 26 heavy (non-hydrogen) atoms. The SMILES string of the molecule is Cc1cc(C)n(CCCNC(=O)C[C@@H]2Sc3ccc(Cl)cc3NC2=O)n1. The number of nitrogens with one attached hydrogen (secondary N) is 2. The molecule has 2 amide bonds. The number of aryl methyl sites for hydroxylation is 3. The first-order chi connectivity index (χ1) is 12.4. The molecule has 2 aromatic rings. The second-order valence-electron chi connectivity index (χ2n) is 6.29. The van der Waals surface area contributed by atoms with E-state index in [4.69, 9.17) is 11.6 Å². The van der Waals surface area contributed by atoms with Crippen LogP contribution in [0.1, 0.15) is 24.2 Å². The van der Waals surface area contributed by atoms with Crippen LogP contribution in [-0.4, -0.2) is 33.4 Å². The van der Waals surface area contributed by atoms with Crippen molar-refractivity contribution in [3.05, 3.63) is 40.7 Å². The second-order valence-corrected chi connectivity index (χ2v) is 7.98. The highest BCUT2D eigenvalue weighted by molar-refractivity contribution is 8.01. The Morgan fingerprint density at radius 1 is 1.38 bits per heavy atom. The van der Waals surface area contributed by atoms with Crippen LogP contribution in [0.15, 0.2) is 29.2 Å². The molecule has 8 heteroatoms.